The maximum atomic E-state index is 12.9. The number of benzene rings is 2. The summed E-state index contributed by atoms with van der Waals surface area (Å²) in [4.78, 5) is 28.6. The summed E-state index contributed by atoms with van der Waals surface area (Å²) < 4.78 is 18.4. The number of carbonyl (C=O) groups is 2. The van der Waals surface area contributed by atoms with E-state index >= 15 is 0 Å². The van der Waals surface area contributed by atoms with Crippen molar-refractivity contribution < 1.29 is 18.7 Å². The number of nitrogens with one attached hydrogen (secondary N) is 2. The minimum Gasteiger partial charge on any atom is -0.483 e. The highest BCUT2D eigenvalue weighted by molar-refractivity contribution is 5.97. The second kappa shape index (κ2) is 9.27. The van der Waals surface area contributed by atoms with Crippen LogP contribution in [0.4, 0.5) is 10.1 Å². The molecular formula is C21H18FN3O3. The third kappa shape index (κ3) is 5.38. The standard InChI is InChI=1S/C21H18FN3O3/c22-15-8-10-16(11-9-15)25-20(26)14-28-19-7-2-1-6-18(19)21(27)24-13-17-5-3-4-12-23-17/h1-12H,13-14H2,(H,24,27)(H,25,26). The SMILES string of the molecule is O=C(COc1ccccc1C(=O)NCc1ccccn1)Nc1ccc(F)cc1. The molecule has 0 atom stereocenters. The lowest BCUT2D eigenvalue weighted by Crippen LogP contribution is -2.25. The molecule has 0 radical (unpaired) electrons. The fraction of sp³-hybridized carbons (Fsp3) is 0.0952. The van der Waals surface area contributed by atoms with Crippen LogP contribution in [0.3, 0.4) is 0 Å². The highest BCUT2D eigenvalue weighted by Gasteiger charge is 2.13. The van der Waals surface area contributed by atoms with Crippen LogP contribution in [0.25, 0.3) is 0 Å². The zero-order valence-corrected chi connectivity index (χ0v) is 14.9. The maximum Gasteiger partial charge on any atom is 0.262 e. The molecule has 0 unspecified atom stereocenters. The third-order valence-corrected chi connectivity index (χ3v) is 3.77. The van der Waals surface area contributed by atoms with Gasteiger partial charge in [0.15, 0.2) is 6.61 Å². The summed E-state index contributed by atoms with van der Waals surface area (Å²) in [5.74, 6) is -0.856. The predicted octanol–water partition coefficient (Wildman–Crippen LogP) is 3.17. The first-order chi connectivity index (χ1) is 13.6. The van der Waals surface area contributed by atoms with Gasteiger partial charge in [-0.05, 0) is 48.5 Å². The largest absolute Gasteiger partial charge is 0.483 e. The monoisotopic (exact) mass is 379 g/mol. The molecule has 2 aromatic carbocycles. The fourth-order valence-corrected chi connectivity index (χ4v) is 2.42. The lowest BCUT2D eigenvalue weighted by Gasteiger charge is -2.12. The van der Waals surface area contributed by atoms with E-state index < -0.39 is 5.91 Å². The molecule has 0 spiro atoms. The van der Waals surface area contributed by atoms with E-state index in [1.54, 1.807) is 36.5 Å². The zero-order valence-electron chi connectivity index (χ0n) is 14.9. The number of rotatable bonds is 7. The van der Waals surface area contributed by atoms with Gasteiger partial charge in [0.05, 0.1) is 17.8 Å². The van der Waals surface area contributed by atoms with Crippen molar-refractivity contribution in [2.75, 3.05) is 11.9 Å². The van der Waals surface area contributed by atoms with Gasteiger partial charge >= 0.3 is 0 Å². The van der Waals surface area contributed by atoms with Crippen LogP contribution in [0.5, 0.6) is 5.75 Å². The number of halogens is 1. The van der Waals surface area contributed by atoms with E-state index in [-0.39, 0.29) is 30.6 Å². The van der Waals surface area contributed by atoms with Gasteiger partial charge in [0.1, 0.15) is 11.6 Å². The first-order valence-electron chi connectivity index (χ1n) is 8.57. The molecule has 1 aromatic heterocycles. The fourth-order valence-electron chi connectivity index (χ4n) is 2.42. The van der Waals surface area contributed by atoms with Crippen molar-refractivity contribution in [2.24, 2.45) is 0 Å². The molecule has 28 heavy (non-hydrogen) atoms. The summed E-state index contributed by atoms with van der Waals surface area (Å²) in [5.41, 5.74) is 1.50. The molecule has 0 fully saturated rings. The summed E-state index contributed by atoms with van der Waals surface area (Å²) >= 11 is 0. The van der Waals surface area contributed by atoms with Crippen LogP contribution in [-0.2, 0) is 11.3 Å². The van der Waals surface area contributed by atoms with Crippen LogP contribution in [0.15, 0.2) is 72.9 Å². The lowest BCUT2D eigenvalue weighted by molar-refractivity contribution is -0.118. The van der Waals surface area contributed by atoms with Gasteiger partial charge in [0.2, 0.25) is 0 Å². The van der Waals surface area contributed by atoms with Gasteiger partial charge in [0, 0.05) is 11.9 Å². The number of anilines is 1. The number of aromatic nitrogens is 1. The van der Waals surface area contributed by atoms with Crippen LogP contribution in [-0.4, -0.2) is 23.4 Å². The summed E-state index contributed by atoms with van der Waals surface area (Å²) in [5, 5.41) is 5.37. The lowest BCUT2D eigenvalue weighted by atomic mass is 10.2. The molecule has 0 saturated heterocycles. The van der Waals surface area contributed by atoms with Gasteiger partial charge in [-0.1, -0.05) is 18.2 Å². The van der Waals surface area contributed by atoms with Crippen molar-refractivity contribution in [3.8, 4) is 5.75 Å². The Hall–Kier alpha value is -3.74. The minimum atomic E-state index is -0.421. The molecular weight excluding hydrogens is 361 g/mol. The van der Waals surface area contributed by atoms with Crippen LogP contribution >= 0.6 is 0 Å². The van der Waals surface area contributed by atoms with Crippen molar-refractivity contribution >= 4 is 17.5 Å². The minimum absolute atomic E-state index is 0.277. The Kier molecular flexibility index (Phi) is 6.30. The van der Waals surface area contributed by atoms with E-state index in [1.165, 1.54) is 24.3 Å². The summed E-state index contributed by atoms with van der Waals surface area (Å²) in [6.07, 6.45) is 1.65. The van der Waals surface area contributed by atoms with E-state index in [1.807, 2.05) is 12.1 Å². The zero-order chi connectivity index (χ0) is 19.8. The van der Waals surface area contributed by atoms with Gasteiger partial charge < -0.3 is 15.4 Å². The summed E-state index contributed by atoms with van der Waals surface area (Å²) in [6.45, 7) is -0.0129. The first kappa shape index (κ1) is 19.0. The van der Waals surface area contributed by atoms with Crippen molar-refractivity contribution in [1.29, 1.82) is 0 Å². The summed E-state index contributed by atoms with van der Waals surface area (Å²) in [7, 11) is 0. The average molecular weight is 379 g/mol. The van der Waals surface area contributed by atoms with E-state index in [0.717, 1.165) is 5.69 Å². The number of nitrogens with zero attached hydrogens (tertiary/aromatic N) is 1. The van der Waals surface area contributed by atoms with E-state index in [2.05, 4.69) is 15.6 Å². The molecule has 0 saturated carbocycles. The van der Waals surface area contributed by atoms with E-state index in [4.69, 9.17) is 4.74 Å². The smallest absolute Gasteiger partial charge is 0.262 e. The normalized spacial score (nSPS) is 10.2. The Balaban J connectivity index is 1.57. The van der Waals surface area contributed by atoms with Gasteiger partial charge in [-0.2, -0.15) is 0 Å². The molecule has 2 N–H and O–H groups in total. The van der Waals surface area contributed by atoms with Crippen LogP contribution in [0.1, 0.15) is 16.1 Å². The van der Waals surface area contributed by atoms with E-state index in [0.29, 0.717) is 11.3 Å². The highest BCUT2D eigenvalue weighted by Crippen LogP contribution is 2.18. The molecule has 3 aromatic rings. The average Bonchev–Trinajstić information content (AvgIpc) is 2.73. The van der Waals surface area contributed by atoms with Crippen molar-refractivity contribution in [1.82, 2.24) is 10.3 Å². The third-order valence-electron chi connectivity index (χ3n) is 3.77. The molecule has 0 aliphatic heterocycles. The first-order valence-corrected chi connectivity index (χ1v) is 8.57. The second-order valence-corrected chi connectivity index (χ2v) is 5.84. The Labute approximate surface area is 161 Å². The quantitative estimate of drug-likeness (QED) is 0.661. The number of hydrogen-bond acceptors (Lipinski definition) is 4. The van der Waals surface area contributed by atoms with Crippen LogP contribution in [0, 0.1) is 5.82 Å². The molecule has 7 heteroatoms. The van der Waals surface area contributed by atoms with E-state index in [9.17, 15) is 14.0 Å². The molecule has 3 rings (SSSR count). The van der Waals surface area contributed by atoms with Crippen LogP contribution in [0.2, 0.25) is 0 Å². The number of amides is 2. The van der Waals surface area contributed by atoms with Gasteiger partial charge in [-0.25, -0.2) is 4.39 Å². The maximum absolute atomic E-state index is 12.9. The number of ether oxygens (including phenoxy) is 1. The molecule has 0 bridgehead atoms. The number of hydrogen-bond donors (Lipinski definition) is 2. The Morgan fingerprint density at radius 1 is 0.964 bits per heavy atom. The molecule has 6 nitrogen and oxygen atoms in total. The highest BCUT2D eigenvalue weighted by atomic mass is 19.1. The summed E-state index contributed by atoms with van der Waals surface area (Å²) in [6, 6.07) is 17.5. The molecule has 1 heterocycles. The number of para-hydroxylation sites is 1. The van der Waals surface area contributed by atoms with Gasteiger partial charge in [-0.15, -0.1) is 0 Å². The molecule has 2 amide bonds. The molecule has 0 aliphatic carbocycles. The topological polar surface area (TPSA) is 80.3 Å². The van der Waals surface area contributed by atoms with Gasteiger partial charge in [-0.3, -0.25) is 14.6 Å². The Morgan fingerprint density at radius 2 is 1.71 bits per heavy atom. The van der Waals surface area contributed by atoms with Crippen molar-refractivity contribution in [3.63, 3.8) is 0 Å². The Bertz CT molecular complexity index is 947. The van der Waals surface area contributed by atoms with Crippen molar-refractivity contribution in [3.05, 3.63) is 90.0 Å². The van der Waals surface area contributed by atoms with Crippen molar-refractivity contribution in [2.45, 2.75) is 6.54 Å². The predicted molar refractivity (Wildman–Crippen MR) is 102 cm³/mol. The number of pyridine rings is 1. The number of carbonyl (C=O) groups excluding carboxylic acids is 2. The Morgan fingerprint density at radius 3 is 2.46 bits per heavy atom. The molecule has 142 valence electrons. The molecule has 0 aliphatic rings. The van der Waals surface area contributed by atoms with Gasteiger partial charge in [0.25, 0.3) is 11.8 Å². The second-order valence-electron chi connectivity index (χ2n) is 5.84. The van der Waals surface area contributed by atoms with Crippen LogP contribution < -0.4 is 15.4 Å².